The van der Waals surface area contributed by atoms with Crippen molar-refractivity contribution in [3.05, 3.63) is 99.7 Å². The summed E-state index contributed by atoms with van der Waals surface area (Å²) < 4.78 is 30.0. The molecule has 0 aliphatic heterocycles. The lowest BCUT2D eigenvalue weighted by Gasteiger charge is -2.25. The average molecular weight is 559 g/mol. The molecule has 37 heavy (non-hydrogen) atoms. The van der Waals surface area contributed by atoms with Crippen LogP contribution in [0.4, 0.5) is 11.4 Å². The van der Waals surface area contributed by atoms with Gasteiger partial charge in [-0.2, -0.15) is 0 Å². The van der Waals surface area contributed by atoms with Crippen LogP contribution in [0.25, 0.3) is 0 Å². The molecular weight excluding hydrogens is 535 g/mol. The van der Waals surface area contributed by atoms with Gasteiger partial charge in [-0.15, -0.1) is 0 Å². The number of carbonyl (C=O) groups is 1. The lowest BCUT2D eigenvalue weighted by molar-refractivity contribution is 0.102. The molecule has 1 N–H and O–H groups in total. The van der Waals surface area contributed by atoms with Crippen molar-refractivity contribution >= 4 is 50.3 Å². The largest absolute Gasteiger partial charge is 0.467 e. The van der Waals surface area contributed by atoms with E-state index in [1.807, 2.05) is 35.2 Å². The van der Waals surface area contributed by atoms with Crippen molar-refractivity contribution in [1.29, 1.82) is 0 Å². The molecule has 8 nitrogen and oxygen atoms in total. The summed E-state index contributed by atoms with van der Waals surface area (Å²) in [5.74, 6) is 0.0136. The minimum atomic E-state index is -3.78. The molecule has 2 heterocycles. The number of sulfone groups is 1. The Morgan fingerprint density at radius 2 is 1.76 bits per heavy atom. The number of anilines is 2. The predicted octanol–water partition coefficient (Wildman–Crippen LogP) is 5.80. The van der Waals surface area contributed by atoms with E-state index in [0.29, 0.717) is 28.7 Å². The summed E-state index contributed by atoms with van der Waals surface area (Å²) in [7, 11) is -3.78. The lowest BCUT2D eigenvalue weighted by Crippen LogP contribution is -2.27. The maximum Gasteiger partial charge on any atom is 0.276 e. The Hall–Kier alpha value is -3.40. The Bertz CT molecular complexity index is 1510. The van der Waals surface area contributed by atoms with E-state index in [9.17, 15) is 13.2 Å². The van der Waals surface area contributed by atoms with Gasteiger partial charge < -0.3 is 14.6 Å². The van der Waals surface area contributed by atoms with Crippen molar-refractivity contribution in [2.75, 3.05) is 16.5 Å². The number of hydrogen-bond donors (Lipinski definition) is 1. The topological polar surface area (TPSA) is 105 Å². The first-order valence-electron chi connectivity index (χ1n) is 11.3. The van der Waals surface area contributed by atoms with Crippen LogP contribution in [0.2, 0.25) is 10.0 Å². The number of hydrogen-bond acceptors (Lipinski definition) is 7. The predicted molar refractivity (Wildman–Crippen MR) is 144 cm³/mol. The molecule has 2 aromatic heterocycles. The number of amides is 1. The summed E-state index contributed by atoms with van der Waals surface area (Å²) in [5.41, 5.74) is 2.77. The Morgan fingerprint density at radius 1 is 1.03 bits per heavy atom. The quantitative estimate of drug-likeness (QED) is 0.258. The van der Waals surface area contributed by atoms with Crippen molar-refractivity contribution in [3.8, 4) is 0 Å². The summed E-state index contributed by atoms with van der Waals surface area (Å²) >= 11 is 12.1. The number of nitrogens with zero attached hydrogens (tertiary/aromatic N) is 3. The van der Waals surface area contributed by atoms with E-state index in [-0.39, 0.29) is 17.3 Å². The van der Waals surface area contributed by atoms with Gasteiger partial charge in [0.2, 0.25) is 15.0 Å². The molecule has 4 aromatic rings. The van der Waals surface area contributed by atoms with Gasteiger partial charge in [0.25, 0.3) is 5.91 Å². The number of aromatic nitrogens is 2. The number of furan rings is 1. The Balaban J connectivity index is 1.77. The van der Waals surface area contributed by atoms with E-state index in [1.165, 1.54) is 17.8 Å². The number of nitrogens with one attached hydrogen (secondary N) is 1. The second-order valence-corrected chi connectivity index (χ2v) is 11.1. The molecule has 0 fully saturated rings. The molecule has 0 bridgehead atoms. The molecule has 4 rings (SSSR count). The van der Waals surface area contributed by atoms with E-state index in [4.69, 9.17) is 27.6 Å². The van der Waals surface area contributed by atoms with Crippen LogP contribution >= 0.6 is 23.2 Å². The molecule has 0 radical (unpaired) electrons. The highest BCUT2D eigenvalue weighted by molar-refractivity contribution is 7.90. The standard InChI is InChI=1S/C26H24Cl2N4O4S/c1-3-17-6-8-18(9-7-17)15-32(16-20-5-4-12-36-20)23-14-29-26(37(2,34)35)31-24(23)25(33)30-19-10-11-21(27)22(28)13-19/h4-14H,3,15-16H2,1-2H3,(H,30,33). The van der Waals surface area contributed by atoms with Crippen LogP contribution in [0.1, 0.15) is 34.3 Å². The highest BCUT2D eigenvalue weighted by Crippen LogP contribution is 2.28. The zero-order valence-electron chi connectivity index (χ0n) is 20.1. The first-order chi connectivity index (χ1) is 17.6. The third-order valence-corrected chi connectivity index (χ3v) is 7.14. The molecule has 0 aliphatic carbocycles. The van der Waals surface area contributed by atoms with Gasteiger partial charge in [0.1, 0.15) is 5.76 Å². The molecule has 0 saturated carbocycles. The van der Waals surface area contributed by atoms with Crippen LogP contribution in [0.15, 0.2) is 76.6 Å². The van der Waals surface area contributed by atoms with Crippen LogP contribution < -0.4 is 10.2 Å². The minimum absolute atomic E-state index is 0.113. The number of carbonyl (C=O) groups excluding carboxylic acids is 1. The van der Waals surface area contributed by atoms with Crippen molar-refractivity contribution in [2.45, 2.75) is 31.6 Å². The van der Waals surface area contributed by atoms with Crippen LogP contribution in [-0.2, 0) is 29.3 Å². The van der Waals surface area contributed by atoms with Gasteiger partial charge in [0, 0.05) is 18.5 Å². The van der Waals surface area contributed by atoms with E-state index in [1.54, 1.807) is 24.5 Å². The van der Waals surface area contributed by atoms with E-state index < -0.39 is 20.9 Å². The minimum Gasteiger partial charge on any atom is -0.467 e. The fraction of sp³-hybridized carbons (Fsp3) is 0.192. The second-order valence-electron chi connectivity index (χ2n) is 8.35. The highest BCUT2D eigenvalue weighted by atomic mass is 35.5. The zero-order chi connectivity index (χ0) is 26.6. The van der Waals surface area contributed by atoms with Crippen molar-refractivity contribution < 1.29 is 17.6 Å². The normalized spacial score (nSPS) is 11.4. The molecule has 0 aliphatic rings. The Kier molecular flexibility index (Phi) is 8.16. The van der Waals surface area contributed by atoms with Gasteiger partial charge in [-0.1, -0.05) is 54.4 Å². The highest BCUT2D eigenvalue weighted by Gasteiger charge is 2.24. The summed E-state index contributed by atoms with van der Waals surface area (Å²) in [4.78, 5) is 23.5. The molecule has 1 amide bonds. The van der Waals surface area contributed by atoms with Gasteiger partial charge in [0.05, 0.1) is 34.7 Å². The van der Waals surface area contributed by atoms with Gasteiger partial charge in [-0.3, -0.25) is 4.79 Å². The summed E-state index contributed by atoms with van der Waals surface area (Å²) in [5, 5.41) is 2.86. The van der Waals surface area contributed by atoms with Crippen LogP contribution in [0, 0.1) is 0 Å². The molecule has 2 aromatic carbocycles. The van der Waals surface area contributed by atoms with E-state index >= 15 is 0 Å². The Morgan fingerprint density at radius 3 is 2.38 bits per heavy atom. The molecule has 0 spiro atoms. The fourth-order valence-electron chi connectivity index (χ4n) is 3.62. The van der Waals surface area contributed by atoms with Gasteiger partial charge in [-0.05, 0) is 47.9 Å². The van der Waals surface area contributed by atoms with Crippen molar-refractivity contribution in [3.63, 3.8) is 0 Å². The number of rotatable bonds is 9. The molecule has 0 saturated heterocycles. The maximum atomic E-state index is 13.4. The van der Waals surface area contributed by atoms with E-state index in [2.05, 4.69) is 22.2 Å². The second kappa shape index (κ2) is 11.3. The maximum absolute atomic E-state index is 13.4. The van der Waals surface area contributed by atoms with Crippen LogP contribution in [0.3, 0.4) is 0 Å². The van der Waals surface area contributed by atoms with Crippen molar-refractivity contribution in [2.24, 2.45) is 0 Å². The molecule has 0 atom stereocenters. The third-order valence-electron chi connectivity index (χ3n) is 5.54. The third kappa shape index (κ3) is 6.68. The SMILES string of the molecule is CCc1ccc(CN(Cc2ccco2)c2cnc(S(C)(=O)=O)nc2C(=O)Nc2ccc(Cl)c(Cl)c2)cc1. The monoisotopic (exact) mass is 558 g/mol. The van der Waals surface area contributed by atoms with Crippen molar-refractivity contribution in [1.82, 2.24) is 9.97 Å². The zero-order valence-corrected chi connectivity index (χ0v) is 22.4. The molecule has 11 heteroatoms. The van der Waals surface area contributed by atoms with E-state index in [0.717, 1.165) is 18.2 Å². The number of halogens is 2. The van der Waals surface area contributed by atoms with Crippen LogP contribution in [-0.4, -0.2) is 30.5 Å². The van der Waals surface area contributed by atoms with Crippen LogP contribution in [0.5, 0.6) is 0 Å². The lowest BCUT2D eigenvalue weighted by atomic mass is 10.1. The number of aryl methyl sites for hydroxylation is 1. The summed E-state index contributed by atoms with van der Waals surface area (Å²) in [6.07, 6.45) is 4.80. The summed E-state index contributed by atoms with van der Waals surface area (Å²) in [6.45, 7) is 2.76. The average Bonchev–Trinajstić information content (AvgIpc) is 3.38. The first kappa shape index (κ1) is 26.7. The smallest absolute Gasteiger partial charge is 0.276 e. The van der Waals surface area contributed by atoms with Gasteiger partial charge >= 0.3 is 0 Å². The molecule has 192 valence electrons. The first-order valence-corrected chi connectivity index (χ1v) is 14.0. The Labute approximate surface area is 225 Å². The van der Waals surface area contributed by atoms with Gasteiger partial charge in [-0.25, -0.2) is 18.4 Å². The molecule has 0 unspecified atom stereocenters. The van der Waals surface area contributed by atoms with Gasteiger partial charge in [0.15, 0.2) is 5.69 Å². The number of benzene rings is 2. The summed E-state index contributed by atoms with van der Waals surface area (Å²) in [6, 6.07) is 16.3. The molecular formula is C26H24Cl2N4O4S. The fourth-order valence-corrected chi connectivity index (χ4v) is 4.42.